The van der Waals surface area contributed by atoms with Crippen molar-refractivity contribution in [2.75, 3.05) is 6.54 Å². The molecule has 0 atom stereocenters. The van der Waals surface area contributed by atoms with Gasteiger partial charge in [-0.2, -0.15) is 15.5 Å². The number of nitrogens with one attached hydrogen (secondary N) is 1. The van der Waals surface area contributed by atoms with Crippen LogP contribution in [0.3, 0.4) is 0 Å². The van der Waals surface area contributed by atoms with Crippen molar-refractivity contribution in [2.45, 2.75) is 24.8 Å². The van der Waals surface area contributed by atoms with E-state index in [-0.39, 0.29) is 5.54 Å². The Morgan fingerprint density at radius 1 is 1.46 bits per heavy atom. The van der Waals surface area contributed by atoms with Gasteiger partial charge in [0.25, 0.3) is 0 Å². The molecular weight excluding hydrogens is 302 g/mol. The Morgan fingerprint density at radius 2 is 2.33 bits per heavy atom. The van der Waals surface area contributed by atoms with Crippen LogP contribution in [0.4, 0.5) is 0 Å². The molecule has 1 saturated carbocycles. The normalized spacial score (nSPS) is 22.7. The molecule has 0 unspecified atom stereocenters. The first kappa shape index (κ1) is 14.4. The van der Waals surface area contributed by atoms with Crippen molar-refractivity contribution in [3.8, 4) is 17.2 Å². The van der Waals surface area contributed by atoms with E-state index in [1.54, 1.807) is 6.20 Å². The fourth-order valence-corrected chi connectivity index (χ4v) is 3.65. The van der Waals surface area contributed by atoms with Crippen LogP contribution >= 0.6 is 0 Å². The highest BCUT2D eigenvalue weighted by Crippen LogP contribution is 2.46. The van der Waals surface area contributed by atoms with E-state index in [0.717, 1.165) is 35.0 Å². The molecule has 0 radical (unpaired) electrons. The van der Waals surface area contributed by atoms with Gasteiger partial charge in [-0.05, 0) is 24.8 Å². The molecule has 1 aliphatic rings. The summed E-state index contributed by atoms with van der Waals surface area (Å²) in [5, 5.41) is 22.5. The predicted molar refractivity (Wildman–Crippen MR) is 87.5 cm³/mol. The number of hydrogen-bond donors (Lipinski definition) is 1. The summed E-state index contributed by atoms with van der Waals surface area (Å²) in [6.45, 7) is 7.66. The fraction of sp³-hybridized carbons (Fsp3) is 0.353. The molecule has 0 aromatic carbocycles. The fourth-order valence-electron chi connectivity index (χ4n) is 3.65. The van der Waals surface area contributed by atoms with Gasteiger partial charge in [0.05, 0.1) is 18.5 Å². The molecule has 0 bridgehead atoms. The van der Waals surface area contributed by atoms with Crippen molar-refractivity contribution in [3.05, 3.63) is 42.3 Å². The van der Waals surface area contributed by atoms with Crippen LogP contribution in [0.15, 0.2) is 30.9 Å². The van der Waals surface area contributed by atoms with Gasteiger partial charge in [0.15, 0.2) is 5.65 Å². The molecule has 7 nitrogen and oxygen atoms in total. The van der Waals surface area contributed by atoms with Gasteiger partial charge in [-0.15, -0.1) is 5.10 Å². The van der Waals surface area contributed by atoms with E-state index in [9.17, 15) is 0 Å². The molecular formula is C17H15N7. The summed E-state index contributed by atoms with van der Waals surface area (Å²) < 4.78 is 1.91. The molecule has 7 heteroatoms. The maximum absolute atomic E-state index is 8.86. The highest BCUT2D eigenvalue weighted by molar-refractivity contribution is 5.91. The highest BCUT2D eigenvalue weighted by Gasteiger charge is 2.49. The summed E-state index contributed by atoms with van der Waals surface area (Å²) in [5.74, 6) is 0.364. The molecule has 1 aliphatic carbocycles. The number of aromatic amines is 1. The summed E-state index contributed by atoms with van der Waals surface area (Å²) in [6, 6.07) is 4.19. The number of rotatable bonds is 4. The zero-order chi connectivity index (χ0) is 16.6. The van der Waals surface area contributed by atoms with Gasteiger partial charge < -0.3 is 9.83 Å². The molecule has 0 aliphatic heterocycles. The van der Waals surface area contributed by atoms with Crippen molar-refractivity contribution >= 4 is 11.0 Å². The lowest BCUT2D eigenvalue weighted by Gasteiger charge is -2.43. The first-order chi connectivity index (χ1) is 11.8. The average Bonchev–Trinajstić information content (AvgIpc) is 3.21. The molecule has 3 aromatic heterocycles. The number of fused-ring (bicyclic) bond motifs is 1. The zero-order valence-corrected chi connectivity index (χ0v) is 13.0. The number of nitrogens with zero attached hydrogens (tertiary/aromatic N) is 6. The number of hydrogen-bond acceptors (Lipinski definition) is 4. The van der Waals surface area contributed by atoms with E-state index in [2.05, 4.69) is 31.2 Å². The van der Waals surface area contributed by atoms with Gasteiger partial charge in [0.1, 0.15) is 5.54 Å². The van der Waals surface area contributed by atoms with Crippen LogP contribution in [0, 0.1) is 23.8 Å². The molecule has 118 valence electrons. The minimum absolute atomic E-state index is 0.279. The Balaban J connectivity index is 1.69. The second-order valence-corrected chi connectivity index (χ2v) is 6.35. The average molecular weight is 317 g/mol. The second kappa shape index (κ2) is 5.47. The Kier molecular flexibility index (Phi) is 3.28. The Bertz CT molecular complexity index is 963. The minimum Gasteiger partial charge on any atom is -0.345 e. The summed E-state index contributed by atoms with van der Waals surface area (Å²) >= 11 is 0. The van der Waals surface area contributed by atoms with Gasteiger partial charge in [-0.25, -0.2) is 6.57 Å². The van der Waals surface area contributed by atoms with E-state index in [1.807, 2.05) is 29.3 Å². The second-order valence-electron chi connectivity index (χ2n) is 6.35. The van der Waals surface area contributed by atoms with Crippen LogP contribution in [0.1, 0.15) is 19.3 Å². The molecule has 0 spiro atoms. The van der Waals surface area contributed by atoms with E-state index >= 15 is 0 Å². The SMILES string of the molecule is [C-]#[N+]CC1(n2cc(-c3cnnc4[nH]ccc34)cn2)CC(CC#N)C1. The number of nitriles is 1. The summed E-state index contributed by atoms with van der Waals surface area (Å²) in [4.78, 5) is 6.66. The Labute approximate surface area is 138 Å². The van der Waals surface area contributed by atoms with Gasteiger partial charge in [0, 0.05) is 35.3 Å². The van der Waals surface area contributed by atoms with Gasteiger partial charge in [-0.1, -0.05) is 0 Å². The Hall–Kier alpha value is -3.19. The summed E-state index contributed by atoms with van der Waals surface area (Å²) in [6.07, 6.45) is 9.58. The predicted octanol–water partition coefficient (Wildman–Crippen LogP) is 2.76. The first-order valence-corrected chi connectivity index (χ1v) is 7.80. The lowest BCUT2D eigenvalue weighted by atomic mass is 9.67. The van der Waals surface area contributed by atoms with Crippen LogP contribution < -0.4 is 0 Å². The molecule has 1 fully saturated rings. The minimum atomic E-state index is -0.279. The summed E-state index contributed by atoms with van der Waals surface area (Å²) in [7, 11) is 0. The van der Waals surface area contributed by atoms with Gasteiger partial charge in [0.2, 0.25) is 6.54 Å². The Morgan fingerprint density at radius 3 is 3.12 bits per heavy atom. The standard InChI is InChI=1S/C17H15N7/c1-19-11-17(6-12(7-17)2-4-18)24-10-13(8-22-24)15-9-21-23-16-14(15)3-5-20-16/h3,5,8-10,12H,2,6-7,11H2,(H,20,23). The van der Waals surface area contributed by atoms with Crippen LogP contribution in [-0.2, 0) is 5.54 Å². The van der Waals surface area contributed by atoms with E-state index in [0.29, 0.717) is 18.9 Å². The third-order valence-corrected chi connectivity index (χ3v) is 4.83. The summed E-state index contributed by atoms with van der Waals surface area (Å²) in [5.41, 5.74) is 2.40. The van der Waals surface area contributed by atoms with Crippen LogP contribution in [0.5, 0.6) is 0 Å². The van der Waals surface area contributed by atoms with Crippen molar-refractivity contribution in [3.63, 3.8) is 0 Å². The molecule has 1 N–H and O–H groups in total. The van der Waals surface area contributed by atoms with Crippen LogP contribution in [0.25, 0.3) is 27.0 Å². The molecule has 3 heterocycles. The van der Waals surface area contributed by atoms with Gasteiger partial charge in [-0.3, -0.25) is 4.68 Å². The van der Waals surface area contributed by atoms with E-state index in [1.165, 1.54) is 0 Å². The molecule has 3 aromatic rings. The molecule has 0 amide bonds. The van der Waals surface area contributed by atoms with E-state index in [4.69, 9.17) is 11.8 Å². The quantitative estimate of drug-likeness (QED) is 0.749. The third kappa shape index (κ3) is 2.14. The van der Waals surface area contributed by atoms with Crippen LogP contribution in [0.2, 0.25) is 0 Å². The van der Waals surface area contributed by atoms with Crippen LogP contribution in [-0.4, -0.2) is 31.5 Å². The van der Waals surface area contributed by atoms with Crippen molar-refractivity contribution < 1.29 is 0 Å². The number of aromatic nitrogens is 5. The smallest absolute Gasteiger partial charge is 0.239 e. The van der Waals surface area contributed by atoms with Crippen molar-refractivity contribution in [1.29, 1.82) is 5.26 Å². The first-order valence-electron chi connectivity index (χ1n) is 7.80. The molecule has 4 rings (SSSR count). The monoisotopic (exact) mass is 317 g/mol. The molecule has 24 heavy (non-hydrogen) atoms. The largest absolute Gasteiger partial charge is 0.345 e. The third-order valence-electron chi connectivity index (χ3n) is 4.83. The van der Waals surface area contributed by atoms with Gasteiger partial charge >= 0.3 is 0 Å². The number of H-pyrrole nitrogens is 1. The zero-order valence-electron chi connectivity index (χ0n) is 13.0. The van der Waals surface area contributed by atoms with Crippen molar-refractivity contribution in [2.24, 2.45) is 5.92 Å². The maximum Gasteiger partial charge on any atom is 0.239 e. The topological polar surface area (TPSA) is 87.5 Å². The highest BCUT2D eigenvalue weighted by atomic mass is 15.3. The molecule has 0 saturated heterocycles. The lowest BCUT2D eigenvalue weighted by molar-refractivity contribution is 0.0719. The van der Waals surface area contributed by atoms with Crippen molar-refractivity contribution in [1.82, 2.24) is 25.0 Å². The lowest BCUT2D eigenvalue weighted by Crippen LogP contribution is -2.48. The van der Waals surface area contributed by atoms with E-state index < -0.39 is 0 Å². The maximum atomic E-state index is 8.86.